The van der Waals surface area contributed by atoms with Crippen LogP contribution in [0.5, 0.6) is 5.75 Å². The second-order valence-electron chi connectivity index (χ2n) is 4.11. The highest BCUT2D eigenvalue weighted by Crippen LogP contribution is 2.28. The van der Waals surface area contributed by atoms with Crippen LogP contribution in [-0.4, -0.2) is 28.0 Å². The predicted molar refractivity (Wildman–Crippen MR) is 86.9 cm³/mol. The highest BCUT2D eigenvalue weighted by molar-refractivity contribution is 5.85. The van der Waals surface area contributed by atoms with Crippen LogP contribution in [0.15, 0.2) is 36.4 Å². The first-order valence-electron chi connectivity index (χ1n) is 5.91. The maximum Gasteiger partial charge on any atom is 0.166 e. The van der Waals surface area contributed by atoms with Crippen molar-refractivity contribution >= 4 is 30.6 Å². The molecule has 1 atom stereocenters. The molecule has 1 aromatic heterocycles. The normalized spacial score (nSPS) is 10.8. The summed E-state index contributed by atoms with van der Waals surface area (Å²) in [7, 11) is 0. The highest BCUT2D eigenvalue weighted by Gasteiger charge is 2.11. The van der Waals surface area contributed by atoms with Crippen LogP contribution in [0.1, 0.15) is 6.92 Å². The Bertz CT molecular complexity index is 541. The van der Waals surface area contributed by atoms with Crippen molar-refractivity contribution in [3.63, 3.8) is 0 Å². The van der Waals surface area contributed by atoms with Gasteiger partial charge in [-0.25, -0.2) is 5.84 Å². The number of aliphatic hydroxyl groups excluding tert-OH is 1. The number of nitrogens with zero attached hydrogens (tertiary/aromatic N) is 2. The Morgan fingerprint density at radius 1 is 1.24 bits per heavy atom. The van der Waals surface area contributed by atoms with Gasteiger partial charge in [0, 0.05) is 11.6 Å². The minimum absolute atomic E-state index is 0. The molecule has 1 heterocycles. The summed E-state index contributed by atoms with van der Waals surface area (Å²) in [6, 6.07) is 11.2. The fraction of sp³-hybridized carbons (Fsp3) is 0.231. The van der Waals surface area contributed by atoms with Crippen LogP contribution in [-0.2, 0) is 0 Å². The van der Waals surface area contributed by atoms with Crippen LogP contribution in [0.25, 0.3) is 11.3 Å². The van der Waals surface area contributed by atoms with Crippen molar-refractivity contribution in [2.75, 3.05) is 12.0 Å². The molecule has 4 N–H and O–H groups in total. The van der Waals surface area contributed by atoms with Gasteiger partial charge in [0.25, 0.3) is 0 Å². The molecule has 21 heavy (non-hydrogen) atoms. The number of halogens is 2. The van der Waals surface area contributed by atoms with Crippen molar-refractivity contribution < 1.29 is 9.84 Å². The van der Waals surface area contributed by atoms with Gasteiger partial charge in [-0.2, -0.15) is 0 Å². The quantitative estimate of drug-likeness (QED) is 0.573. The summed E-state index contributed by atoms with van der Waals surface area (Å²) in [6.45, 7) is 1.83. The molecule has 0 aliphatic carbocycles. The number of hydrogen-bond acceptors (Lipinski definition) is 6. The van der Waals surface area contributed by atoms with Gasteiger partial charge in [0.15, 0.2) is 11.6 Å². The smallest absolute Gasteiger partial charge is 0.166 e. The van der Waals surface area contributed by atoms with Crippen LogP contribution in [0.4, 0.5) is 5.82 Å². The molecule has 0 spiro atoms. The Morgan fingerprint density at radius 3 is 2.48 bits per heavy atom. The third kappa shape index (κ3) is 5.35. The second kappa shape index (κ2) is 9.36. The molecule has 8 heteroatoms. The third-order valence-corrected chi connectivity index (χ3v) is 2.43. The molecule has 0 amide bonds. The van der Waals surface area contributed by atoms with E-state index in [1.165, 1.54) is 0 Å². The van der Waals surface area contributed by atoms with Gasteiger partial charge in [-0.15, -0.1) is 35.0 Å². The van der Waals surface area contributed by atoms with Crippen molar-refractivity contribution in [1.29, 1.82) is 0 Å². The molecule has 0 saturated carbocycles. The van der Waals surface area contributed by atoms with Crippen molar-refractivity contribution in [1.82, 2.24) is 10.2 Å². The Kier molecular flexibility index (Phi) is 8.64. The lowest BCUT2D eigenvalue weighted by Gasteiger charge is -2.12. The number of hydrazine groups is 1. The zero-order chi connectivity index (χ0) is 13.7. The fourth-order valence-corrected chi connectivity index (χ4v) is 1.56. The van der Waals surface area contributed by atoms with Crippen LogP contribution in [0.2, 0.25) is 0 Å². The second-order valence-corrected chi connectivity index (χ2v) is 4.11. The minimum Gasteiger partial charge on any atom is -0.488 e. The summed E-state index contributed by atoms with van der Waals surface area (Å²) >= 11 is 0. The van der Waals surface area contributed by atoms with Crippen LogP contribution in [0.3, 0.4) is 0 Å². The first-order chi connectivity index (χ1) is 9.20. The van der Waals surface area contributed by atoms with Gasteiger partial charge in [0.2, 0.25) is 0 Å². The molecule has 2 rings (SSSR count). The molecular weight excluding hydrogens is 315 g/mol. The topological polar surface area (TPSA) is 93.3 Å². The van der Waals surface area contributed by atoms with Gasteiger partial charge in [0.05, 0.1) is 6.10 Å². The van der Waals surface area contributed by atoms with E-state index in [0.717, 1.165) is 5.56 Å². The van der Waals surface area contributed by atoms with Crippen molar-refractivity contribution in [2.45, 2.75) is 13.0 Å². The summed E-state index contributed by atoms with van der Waals surface area (Å²) in [4.78, 5) is 0. The van der Waals surface area contributed by atoms with E-state index in [0.29, 0.717) is 17.3 Å². The summed E-state index contributed by atoms with van der Waals surface area (Å²) in [6.07, 6.45) is -0.564. The van der Waals surface area contributed by atoms with Gasteiger partial charge >= 0.3 is 0 Å². The first kappa shape index (κ1) is 19.4. The molecule has 1 aromatic carbocycles. The van der Waals surface area contributed by atoms with Crippen LogP contribution >= 0.6 is 24.8 Å². The maximum absolute atomic E-state index is 9.30. The number of nitrogens with two attached hydrogens (primary N) is 1. The molecule has 0 radical (unpaired) electrons. The third-order valence-electron chi connectivity index (χ3n) is 2.43. The van der Waals surface area contributed by atoms with Crippen molar-refractivity contribution in [3.05, 3.63) is 36.4 Å². The highest BCUT2D eigenvalue weighted by atomic mass is 35.5. The first-order valence-corrected chi connectivity index (χ1v) is 5.91. The Balaban J connectivity index is 0.00000200. The zero-order valence-electron chi connectivity index (χ0n) is 11.4. The number of rotatable bonds is 5. The van der Waals surface area contributed by atoms with Gasteiger partial charge < -0.3 is 15.3 Å². The fourth-order valence-electron chi connectivity index (χ4n) is 1.56. The van der Waals surface area contributed by atoms with E-state index in [1.54, 1.807) is 13.0 Å². The minimum atomic E-state index is -0.564. The van der Waals surface area contributed by atoms with Crippen LogP contribution in [0, 0.1) is 0 Å². The SMILES string of the molecule is CC(O)COc1cc(NN)nnc1-c1ccccc1.Cl.Cl. The Labute approximate surface area is 135 Å². The van der Waals surface area contributed by atoms with E-state index < -0.39 is 6.10 Å². The summed E-state index contributed by atoms with van der Waals surface area (Å²) in [5.41, 5.74) is 3.92. The number of anilines is 1. The number of hydrogen-bond donors (Lipinski definition) is 3. The van der Waals surface area contributed by atoms with E-state index >= 15 is 0 Å². The van der Waals surface area contributed by atoms with Crippen LogP contribution < -0.4 is 16.0 Å². The van der Waals surface area contributed by atoms with Crippen molar-refractivity contribution in [3.8, 4) is 17.0 Å². The summed E-state index contributed by atoms with van der Waals surface area (Å²) in [5.74, 6) is 6.23. The number of ether oxygens (including phenoxy) is 1. The largest absolute Gasteiger partial charge is 0.488 e. The van der Waals surface area contributed by atoms with Gasteiger partial charge in [-0.1, -0.05) is 30.3 Å². The molecule has 0 saturated heterocycles. The standard InChI is InChI=1S/C13H16N4O2.2ClH/c1-9(18)8-19-11-7-12(15-14)16-17-13(11)10-5-3-2-4-6-10;;/h2-7,9,18H,8,14H2,1H3,(H,15,16);2*1H. The molecule has 2 aromatic rings. The number of nitrogen functional groups attached to an aromatic ring is 1. The van der Waals surface area contributed by atoms with E-state index in [1.807, 2.05) is 30.3 Å². The number of aromatic nitrogens is 2. The van der Waals surface area contributed by atoms with E-state index in [-0.39, 0.29) is 31.4 Å². The monoisotopic (exact) mass is 332 g/mol. The zero-order valence-corrected chi connectivity index (χ0v) is 13.0. The molecule has 6 nitrogen and oxygen atoms in total. The average Bonchev–Trinajstić information content (AvgIpc) is 2.45. The molecule has 0 bridgehead atoms. The van der Waals surface area contributed by atoms with E-state index in [4.69, 9.17) is 10.6 Å². The Morgan fingerprint density at radius 2 is 1.90 bits per heavy atom. The summed E-state index contributed by atoms with van der Waals surface area (Å²) < 4.78 is 5.55. The maximum atomic E-state index is 9.30. The lowest BCUT2D eigenvalue weighted by Crippen LogP contribution is -2.15. The molecule has 0 fully saturated rings. The number of aliphatic hydroxyl groups is 1. The van der Waals surface area contributed by atoms with Gasteiger partial charge in [-0.05, 0) is 6.92 Å². The van der Waals surface area contributed by atoms with Crippen molar-refractivity contribution in [2.24, 2.45) is 5.84 Å². The lowest BCUT2D eigenvalue weighted by atomic mass is 10.1. The molecular formula is C13H18Cl2N4O2. The average molecular weight is 333 g/mol. The van der Waals surface area contributed by atoms with E-state index in [9.17, 15) is 5.11 Å². The van der Waals surface area contributed by atoms with E-state index in [2.05, 4.69) is 15.6 Å². The van der Waals surface area contributed by atoms with Gasteiger partial charge in [0.1, 0.15) is 12.3 Å². The lowest BCUT2D eigenvalue weighted by molar-refractivity contribution is 0.123. The predicted octanol–water partition coefficient (Wildman–Crippen LogP) is 2.03. The molecule has 1 unspecified atom stereocenters. The van der Waals surface area contributed by atoms with Gasteiger partial charge in [-0.3, -0.25) is 0 Å². The molecule has 0 aliphatic heterocycles. The Hall–Kier alpha value is -1.60. The number of benzene rings is 1. The molecule has 0 aliphatic rings. The summed E-state index contributed by atoms with van der Waals surface area (Å²) in [5, 5.41) is 17.3. The molecule has 116 valence electrons. The number of nitrogens with one attached hydrogen (secondary N) is 1.